The highest BCUT2D eigenvalue weighted by Gasteiger charge is 2.36. The Kier molecular flexibility index (Phi) is 11.5. The number of pyridine rings is 1. The number of carboxylic acid groups (broad SMARTS) is 1. The lowest BCUT2D eigenvalue weighted by molar-refractivity contribution is -0.139. The van der Waals surface area contributed by atoms with Crippen LogP contribution in [0.5, 0.6) is 0 Å². The molecule has 2 unspecified atom stereocenters. The van der Waals surface area contributed by atoms with Crippen molar-refractivity contribution in [1.82, 2.24) is 14.8 Å². The van der Waals surface area contributed by atoms with E-state index in [-0.39, 0.29) is 36.4 Å². The van der Waals surface area contributed by atoms with Crippen LogP contribution in [0.3, 0.4) is 0 Å². The largest absolute Gasteiger partial charge is 0.481 e. The van der Waals surface area contributed by atoms with Crippen molar-refractivity contribution in [3.8, 4) is 11.1 Å². The predicted molar refractivity (Wildman–Crippen MR) is 161 cm³/mol. The molecule has 1 heterocycles. The van der Waals surface area contributed by atoms with Gasteiger partial charge in [-0.2, -0.15) is 13.2 Å². The molecule has 3 aromatic rings. The summed E-state index contributed by atoms with van der Waals surface area (Å²) in [5.74, 6) is -6.02. The fourth-order valence-electron chi connectivity index (χ4n) is 5.49. The summed E-state index contributed by atoms with van der Waals surface area (Å²) in [6.45, 7) is 6.76. The van der Waals surface area contributed by atoms with Gasteiger partial charge in [-0.1, -0.05) is 13.8 Å². The minimum atomic E-state index is -4.84. The van der Waals surface area contributed by atoms with Crippen molar-refractivity contribution in [2.24, 2.45) is 5.92 Å². The van der Waals surface area contributed by atoms with Crippen molar-refractivity contribution >= 4 is 11.9 Å². The molecule has 250 valence electrons. The monoisotopic (exact) mass is 653 g/mol. The van der Waals surface area contributed by atoms with Crippen LogP contribution in [0.1, 0.15) is 66.6 Å². The molecular weight excluding hydrogens is 616 g/mol. The second-order valence-corrected chi connectivity index (χ2v) is 12.1. The van der Waals surface area contributed by atoms with Crippen LogP contribution in [0.4, 0.5) is 26.3 Å². The average Bonchev–Trinajstić information content (AvgIpc) is 2.90. The first-order chi connectivity index (χ1) is 21.3. The normalized spacial score (nSPS) is 13.3. The number of likely N-dealkylation sites (N-methyl/N-ethyl adjacent to an activating group) is 1. The number of carbonyl (C=O) groups is 2. The minimum Gasteiger partial charge on any atom is -0.481 e. The molecule has 1 aromatic heterocycles. The van der Waals surface area contributed by atoms with Gasteiger partial charge in [-0.3, -0.25) is 14.4 Å². The molecule has 3 rings (SSSR count). The fourth-order valence-corrected chi connectivity index (χ4v) is 5.49. The van der Waals surface area contributed by atoms with Crippen LogP contribution < -0.4 is 10.9 Å². The highest BCUT2D eigenvalue weighted by Crippen LogP contribution is 2.35. The summed E-state index contributed by atoms with van der Waals surface area (Å²) in [7, 11) is 3.33. The molecule has 0 bridgehead atoms. The number of rotatable bonds is 12. The van der Waals surface area contributed by atoms with Gasteiger partial charge in [0.25, 0.3) is 5.56 Å². The molecule has 0 fully saturated rings. The van der Waals surface area contributed by atoms with Gasteiger partial charge in [0.2, 0.25) is 5.91 Å². The number of amides is 1. The lowest BCUT2D eigenvalue weighted by Crippen LogP contribution is -2.41. The zero-order valence-electron chi connectivity index (χ0n) is 26.4. The van der Waals surface area contributed by atoms with Crippen molar-refractivity contribution in [1.29, 1.82) is 0 Å². The summed E-state index contributed by atoms with van der Waals surface area (Å²) < 4.78 is 86.7. The van der Waals surface area contributed by atoms with Gasteiger partial charge in [-0.15, -0.1) is 0 Å². The number of carboxylic acids is 1. The highest BCUT2D eigenvalue weighted by atomic mass is 19.4. The number of hydrogen-bond acceptors (Lipinski definition) is 4. The zero-order chi connectivity index (χ0) is 34.7. The Morgan fingerprint density at radius 3 is 2.13 bits per heavy atom. The molecule has 0 aliphatic heterocycles. The lowest BCUT2D eigenvalue weighted by atomic mass is 9.91. The molecule has 46 heavy (non-hydrogen) atoms. The first kappa shape index (κ1) is 36.3. The quantitative estimate of drug-likeness (QED) is 0.215. The molecule has 1 amide bonds. The maximum absolute atomic E-state index is 15.3. The van der Waals surface area contributed by atoms with Crippen molar-refractivity contribution in [3.05, 3.63) is 92.2 Å². The number of nitrogens with one attached hydrogen (secondary N) is 1. The second kappa shape index (κ2) is 14.5. The molecule has 0 saturated heterocycles. The van der Waals surface area contributed by atoms with Crippen LogP contribution in [-0.2, 0) is 22.2 Å². The molecule has 0 aliphatic carbocycles. The topological polar surface area (TPSA) is 91.6 Å². The van der Waals surface area contributed by atoms with E-state index in [9.17, 15) is 37.1 Å². The third-order valence-corrected chi connectivity index (χ3v) is 7.54. The molecule has 2 atom stereocenters. The average molecular weight is 654 g/mol. The summed E-state index contributed by atoms with van der Waals surface area (Å²) in [4.78, 5) is 40.4. The SMILES string of the molecule is Cc1cc(F)cc(C)c1-c1cc(F)c(F)c(C(CC(=O)O)NC(=O)C(CC(C)C)n2cc(CCN(C)C)c(C(F)(F)F)cc2=O)c1. The summed E-state index contributed by atoms with van der Waals surface area (Å²) >= 11 is 0. The predicted octanol–water partition coefficient (Wildman–Crippen LogP) is 6.59. The van der Waals surface area contributed by atoms with E-state index in [1.165, 1.54) is 18.2 Å². The fraction of sp³-hybridized carbons (Fsp3) is 0.424. The van der Waals surface area contributed by atoms with E-state index in [1.807, 2.05) is 0 Å². The van der Waals surface area contributed by atoms with Gasteiger partial charge in [-0.05, 0) is 98.8 Å². The summed E-state index contributed by atoms with van der Waals surface area (Å²) in [6.07, 6.45) is -4.89. The number of aliphatic carboxylic acids is 1. The number of benzene rings is 2. The van der Waals surface area contributed by atoms with E-state index in [4.69, 9.17) is 0 Å². The van der Waals surface area contributed by atoms with Crippen molar-refractivity contribution in [3.63, 3.8) is 0 Å². The van der Waals surface area contributed by atoms with E-state index in [1.54, 1.807) is 46.7 Å². The van der Waals surface area contributed by atoms with Crippen molar-refractivity contribution < 1.29 is 41.0 Å². The van der Waals surface area contributed by atoms with Gasteiger partial charge >= 0.3 is 12.1 Å². The van der Waals surface area contributed by atoms with Gasteiger partial charge in [0.15, 0.2) is 11.6 Å². The molecule has 0 aliphatic rings. The van der Waals surface area contributed by atoms with Crippen LogP contribution >= 0.6 is 0 Å². The molecule has 13 heteroatoms. The Labute approximate surface area is 262 Å². The van der Waals surface area contributed by atoms with Crippen LogP contribution in [0, 0.1) is 37.2 Å². The molecule has 7 nitrogen and oxygen atoms in total. The van der Waals surface area contributed by atoms with Crippen LogP contribution in [-0.4, -0.2) is 47.1 Å². The Morgan fingerprint density at radius 1 is 1.00 bits per heavy atom. The van der Waals surface area contributed by atoms with Crippen molar-refractivity contribution in [2.75, 3.05) is 20.6 Å². The Bertz CT molecular complexity index is 1640. The first-order valence-electron chi connectivity index (χ1n) is 14.5. The summed E-state index contributed by atoms with van der Waals surface area (Å²) in [6, 6.07) is 1.81. The number of halogens is 6. The molecule has 2 aromatic carbocycles. The maximum Gasteiger partial charge on any atom is 0.416 e. The molecule has 0 spiro atoms. The highest BCUT2D eigenvalue weighted by molar-refractivity contribution is 5.82. The van der Waals surface area contributed by atoms with E-state index in [2.05, 4.69) is 5.32 Å². The van der Waals surface area contributed by atoms with Crippen molar-refractivity contribution in [2.45, 2.75) is 65.2 Å². The van der Waals surface area contributed by atoms with E-state index >= 15 is 8.78 Å². The van der Waals surface area contributed by atoms with E-state index in [0.717, 1.165) is 16.8 Å². The van der Waals surface area contributed by atoms with Gasteiger partial charge in [0, 0.05) is 24.4 Å². The van der Waals surface area contributed by atoms with Gasteiger partial charge in [-0.25, -0.2) is 13.2 Å². The standard InChI is InChI=1S/C33H37F6N3O4/c1-17(2)9-27(42-16-20(7-8-41(5)6)24(14-28(42)43)33(37,38)39)32(46)40-26(15-29(44)45)23-12-21(13-25(35)31(23)36)30-18(3)10-22(34)11-19(30)4/h10-14,16-17,26-27H,7-9,15H2,1-6H3,(H,40,46)(H,44,45). The summed E-state index contributed by atoms with van der Waals surface area (Å²) in [5.41, 5.74) is -1.70. The Morgan fingerprint density at radius 2 is 1.61 bits per heavy atom. The smallest absolute Gasteiger partial charge is 0.416 e. The van der Waals surface area contributed by atoms with Gasteiger partial charge < -0.3 is 19.9 Å². The summed E-state index contributed by atoms with van der Waals surface area (Å²) in [5, 5.41) is 12.1. The van der Waals surface area contributed by atoms with E-state index in [0.29, 0.717) is 22.8 Å². The zero-order valence-corrected chi connectivity index (χ0v) is 26.4. The number of aryl methyl sites for hydroxylation is 2. The molecule has 2 N–H and O–H groups in total. The van der Waals surface area contributed by atoms with Gasteiger partial charge in [0.1, 0.15) is 11.9 Å². The lowest BCUT2D eigenvalue weighted by Gasteiger charge is -2.27. The molecule has 0 saturated carbocycles. The third kappa shape index (κ3) is 8.77. The van der Waals surface area contributed by atoms with Crippen LogP contribution in [0.2, 0.25) is 0 Å². The van der Waals surface area contributed by atoms with Crippen LogP contribution in [0.25, 0.3) is 11.1 Å². The first-order valence-corrected chi connectivity index (χ1v) is 14.5. The Balaban J connectivity index is 2.15. The Hall–Kier alpha value is -4.13. The second-order valence-electron chi connectivity index (χ2n) is 12.1. The maximum atomic E-state index is 15.3. The number of aromatic nitrogens is 1. The van der Waals surface area contributed by atoms with Gasteiger partial charge in [0.05, 0.1) is 18.0 Å². The number of nitrogens with zero attached hydrogens (tertiary/aromatic N) is 2. The molecule has 0 radical (unpaired) electrons. The third-order valence-electron chi connectivity index (χ3n) is 7.54. The molecular formula is C33H37F6N3O4. The number of hydrogen-bond donors (Lipinski definition) is 2. The number of carbonyl (C=O) groups excluding carboxylic acids is 1. The van der Waals surface area contributed by atoms with Crippen LogP contribution in [0.15, 0.2) is 41.3 Å². The minimum absolute atomic E-state index is 0.0468. The number of alkyl halides is 3. The van der Waals surface area contributed by atoms with E-state index < -0.39 is 70.7 Å².